The molecule has 0 unspecified atom stereocenters. The van der Waals surface area contributed by atoms with Crippen LogP contribution in [-0.4, -0.2) is 39.8 Å². The molecule has 0 N–H and O–H groups in total. The van der Waals surface area contributed by atoms with Crippen molar-refractivity contribution in [3.63, 3.8) is 0 Å². The Labute approximate surface area is 171 Å². The summed E-state index contributed by atoms with van der Waals surface area (Å²) in [6, 6.07) is 8.69. The van der Waals surface area contributed by atoms with Crippen molar-refractivity contribution in [2.24, 2.45) is 5.41 Å². The Morgan fingerprint density at radius 3 is 2.62 bits per heavy atom. The average molecular weight is 400 g/mol. The highest BCUT2D eigenvalue weighted by atomic mass is 16.5. The van der Waals surface area contributed by atoms with Gasteiger partial charge in [0, 0.05) is 11.1 Å². The number of carbonyl (C=O) groups excluding carboxylic acids is 2. The van der Waals surface area contributed by atoms with Crippen LogP contribution in [0.4, 0.5) is 0 Å². The van der Waals surface area contributed by atoms with E-state index in [-0.39, 0.29) is 36.7 Å². The van der Waals surface area contributed by atoms with E-state index in [4.69, 9.17) is 26.4 Å². The van der Waals surface area contributed by atoms with E-state index >= 15 is 0 Å². The van der Waals surface area contributed by atoms with E-state index in [0.29, 0.717) is 29.7 Å². The number of benzene rings is 2. The summed E-state index contributed by atoms with van der Waals surface area (Å²) in [6.07, 6.45) is 1.29. The molecule has 0 radical (unpaired) electrons. The van der Waals surface area contributed by atoms with Crippen molar-refractivity contribution >= 4 is 11.9 Å². The molecular weight excluding hydrogens is 376 g/mol. The Kier molecular flexibility index (Phi) is 4.21. The van der Waals surface area contributed by atoms with Crippen LogP contribution < -0.4 is 14.2 Å². The number of ether oxygens (including phenoxy) is 5. The molecule has 1 aliphatic heterocycles. The lowest BCUT2D eigenvalue weighted by molar-refractivity contribution is -0.148. The Morgan fingerprint density at radius 1 is 1.14 bits per heavy atom. The third-order valence-electron chi connectivity index (χ3n) is 5.37. The maximum Gasteiger partial charge on any atom is 0.338 e. The first-order valence-electron chi connectivity index (χ1n) is 10.3. The third kappa shape index (κ3) is 3.26. The van der Waals surface area contributed by atoms with Crippen LogP contribution in [-0.2, 0) is 20.9 Å². The summed E-state index contributed by atoms with van der Waals surface area (Å²) in [6.45, 7) is 0.244. The van der Waals surface area contributed by atoms with Gasteiger partial charge in [-0.2, -0.15) is 0 Å². The van der Waals surface area contributed by atoms with E-state index < -0.39 is 12.5 Å². The quantitative estimate of drug-likeness (QED) is 0.659. The minimum absolute atomic E-state index is 0.0589. The summed E-state index contributed by atoms with van der Waals surface area (Å²) in [5.41, 5.74) is 1.88. The lowest BCUT2D eigenvalue weighted by Gasteiger charge is -2.20. The molecule has 1 saturated carbocycles. The highest BCUT2D eigenvalue weighted by Gasteiger charge is 2.52. The van der Waals surface area contributed by atoms with Crippen LogP contribution >= 0.6 is 0 Å². The average Bonchev–Trinajstić information content (AvgIpc) is 3.47. The van der Waals surface area contributed by atoms with Crippen LogP contribution in [0.2, 0.25) is 0 Å². The summed E-state index contributed by atoms with van der Waals surface area (Å²) in [7, 11) is 1.17. The van der Waals surface area contributed by atoms with Crippen molar-refractivity contribution < 1.29 is 36.0 Å². The van der Waals surface area contributed by atoms with Crippen LogP contribution in [0.3, 0.4) is 0 Å². The summed E-state index contributed by atoms with van der Waals surface area (Å²) < 4.78 is 41.9. The number of cyclic esters (lactones) is 1. The van der Waals surface area contributed by atoms with E-state index in [1.807, 2.05) is 6.07 Å². The van der Waals surface area contributed by atoms with E-state index in [1.54, 1.807) is 24.3 Å². The third-order valence-corrected chi connectivity index (χ3v) is 5.37. The molecule has 1 aliphatic carbocycles. The summed E-state index contributed by atoms with van der Waals surface area (Å²) in [5.74, 6) is -0.0539. The van der Waals surface area contributed by atoms with Gasteiger partial charge in [0.2, 0.25) is 5.75 Å². The number of carbonyl (C=O) groups is 2. The molecule has 1 heterocycles. The Hall–Kier alpha value is -3.22. The number of rotatable bonds is 7. The first kappa shape index (κ1) is 16.7. The maximum atomic E-state index is 12.2. The van der Waals surface area contributed by atoms with Gasteiger partial charge in [0.25, 0.3) is 0 Å². The molecule has 29 heavy (non-hydrogen) atoms. The van der Waals surface area contributed by atoms with Crippen molar-refractivity contribution in [3.05, 3.63) is 41.5 Å². The first-order chi connectivity index (χ1) is 14.9. The van der Waals surface area contributed by atoms with Gasteiger partial charge < -0.3 is 23.7 Å². The molecule has 0 spiro atoms. The summed E-state index contributed by atoms with van der Waals surface area (Å²) in [5, 5.41) is 0. The number of esters is 2. The monoisotopic (exact) mass is 400 g/mol. The number of methoxy groups -OCH3 is 3. The van der Waals surface area contributed by atoms with Gasteiger partial charge in [0.05, 0.1) is 29.6 Å². The fraction of sp³-hybridized carbons (Fsp3) is 0.364. The maximum absolute atomic E-state index is 12.2. The van der Waals surface area contributed by atoms with Crippen molar-refractivity contribution in [2.45, 2.75) is 19.4 Å². The van der Waals surface area contributed by atoms with E-state index in [9.17, 15) is 9.59 Å². The smallest absolute Gasteiger partial charge is 0.338 e. The molecule has 2 aliphatic rings. The van der Waals surface area contributed by atoms with Gasteiger partial charge in [-0.15, -0.1) is 0 Å². The Balaban J connectivity index is 1.77. The molecule has 4 rings (SSSR count). The van der Waals surface area contributed by atoms with Crippen LogP contribution in [0, 0.1) is 5.41 Å². The molecule has 2 aromatic rings. The van der Waals surface area contributed by atoms with Crippen LogP contribution in [0.25, 0.3) is 11.1 Å². The van der Waals surface area contributed by atoms with Gasteiger partial charge >= 0.3 is 11.9 Å². The zero-order valence-electron chi connectivity index (χ0n) is 18.2. The zero-order chi connectivity index (χ0) is 22.2. The van der Waals surface area contributed by atoms with Gasteiger partial charge in [-0.1, -0.05) is 6.07 Å². The molecular formula is C22H22O7. The van der Waals surface area contributed by atoms with Crippen molar-refractivity contribution in [1.82, 2.24) is 0 Å². The topological polar surface area (TPSA) is 80.3 Å². The van der Waals surface area contributed by atoms with Crippen LogP contribution in [0.1, 0.15) is 31.5 Å². The SMILES string of the molecule is [2H]C([2H])Oc1c(OC)ccc(-c2ccc3c(c2)COC3=O)c1OCC1(C(=O)OC)CC1. The van der Waals surface area contributed by atoms with Crippen molar-refractivity contribution in [3.8, 4) is 28.4 Å². The molecule has 152 valence electrons. The molecule has 7 heteroatoms. The molecule has 0 atom stereocenters. The molecule has 1 fully saturated rings. The molecule has 0 saturated heterocycles. The molecule has 2 aromatic carbocycles. The summed E-state index contributed by atoms with van der Waals surface area (Å²) >= 11 is 0. The van der Waals surface area contributed by atoms with Gasteiger partial charge in [-0.3, -0.25) is 4.79 Å². The van der Waals surface area contributed by atoms with Gasteiger partial charge in [0.1, 0.15) is 18.6 Å². The van der Waals surface area contributed by atoms with Crippen molar-refractivity contribution in [2.75, 3.05) is 27.9 Å². The predicted molar refractivity (Wildman–Crippen MR) is 103 cm³/mol. The Morgan fingerprint density at radius 2 is 1.93 bits per heavy atom. The molecule has 7 nitrogen and oxygen atoms in total. The highest BCUT2D eigenvalue weighted by molar-refractivity contribution is 5.94. The van der Waals surface area contributed by atoms with Crippen LogP contribution in [0.5, 0.6) is 17.2 Å². The van der Waals surface area contributed by atoms with E-state index in [2.05, 4.69) is 0 Å². The van der Waals surface area contributed by atoms with Gasteiger partial charge in [0.15, 0.2) is 11.5 Å². The normalized spacial score (nSPS) is 17.0. The second-order valence-electron chi connectivity index (χ2n) is 7.10. The summed E-state index contributed by atoms with van der Waals surface area (Å²) in [4.78, 5) is 23.9. The predicted octanol–water partition coefficient (Wildman–Crippen LogP) is 3.37. The lowest BCUT2D eigenvalue weighted by Crippen LogP contribution is -2.25. The molecule has 0 aromatic heterocycles. The van der Waals surface area contributed by atoms with Gasteiger partial charge in [-0.05, 0) is 42.7 Å². The fourth-order valence-electron chi connectivity index (χ4n) is 3.47. The minimum Gasteiger partial charge on any atom is -0.493 e. The second kappa shape index (κ2) is 7.31. The molecule has 0 bridgehead atoms. The number of hydrogen-bond donors (Lipinski definition) is 0. The van der Waals surface area contributed by atoms with Gasteiger partial charge in [-0.25, -0.2) is 4.79 Å². The van der Waals surface area contributed by atoms with Crippen molar-refractivity contribution in [1.29, 1.82) is 0 Å². The van der Waals surface area contributed by atoms with E-state index in [0.717, 1.165) is 11.1 Å². The zero-order valence-corrected chi connectivity index (χ0v) is 16.2. The lowest BCUT2D eigenvalue weighted by atomic mass is 9.99. The first-order valence-corrected chi connectivity index (χ1v) is 9.12. The van der Waals surface area contributed by atoms with Crippen LogP contribution in [0.15, 0.2) is 30.3 Å². The van der Waals surface area contributed by atoms with E-state index in [1.165, 1.54) is 14.2 Å². The fourth-order valence-corrected chi connectivity index (χ4v) is 3.47. The minimum atomic E-state index is -1.62. The largest absolute Gasteiger partial charge is 0.493 e. The number of fused-ring (bicyclic) bond motifs is 1. The standard InChI is InChI=1S/C22H22O7/c1-25-17-7-6-15(13-4-5-16-14(10-13)11-28-20(16)23)18(19(17)26-2)29-12-22(8-9-22)21(24)27-3/h4-7,10H,8-9,11-12H2,1-3H3/i2D2. The Bertz CT molecular complexity index is 1030. The molecule has 0 amide bonds. The second-order valence-corrected chi connectivity index (χ2v) is 7.10. The number of hydrogen-bond acceptors (Lipinski definition) is 7. The highest BCUT2D eigenvalue weighted by Crippen LogP contribution is 2.50.